The number of hydrogen-bond donors (Lipinski definition) is 1. The van der Waals surface area contributed by atoms with E-state index in [4.69, 9.17) is 5.73 Å². The maximum atomic E-state index is 12.3. The molecule has 1 aliphatic rings. The van der Waals surface area contributed by atoms with E-state index in [1.165, 1.54) is 0 Å². The molecule has 0 radical (unpaired) electrons. The molecule has 1 heterocycles. The number of benzene rings is 1. The molecule has 3 nitrogen and oxygen atoms in total. The minimum atomic E-state index is 0.117. The van der Waals surface area contributed by atoms with Gasteiger partial charge < -0.3 is 10.6 Å². The Bertz CT molecular complexity index is 433. The van der Waals surface area contributed by atoms with E-state index >= 15 is 0 Å². The number of nitrogens with two attached hydrogens (primary N) is 1. The average molecular weight is 250 g/mol. The lowest BCUT2D eigenvalue weighted by atomic mass is 10.1. The van der Waals surface area contributed by atoms with E-state index < -0.39 is 0 Å². The van der Waals surface area contributed by atoms with Gasteiger partial charge in [0.25, 0.3) is 5.91 Å². The highest BCUT2D eigenvalue weighted by Gasteiger charge is 2.25. The Morgan fingerprint density at radius 1 is 1.53 bits per heavy atom. The van der Waals surface area contributed by atoms with Crippen LogP contribution in [0.3, 0.4) is 0 Å². The van der Waals surface area contributed by atoms with Gasteiger partial charge in [-0.3, -0.25) is 4.79 Å². The number of nitrogens with zero attached hydrogens (tertiary/aromatic N) is 1. The molecule has 1 aromatic carbocycles. The van der Waals surface area contributed by atoms with Gasteiger partial charge in [0.1, 0.15) is 0 Å². The van der Waals surface area contributed by atoms with Crippen molar-refractivity contribution in [2.45, 2.75) is 24.3 Å². The zero-order valence-corrected chi connectivity index (χ0v) is 11.1. The Morgan fingerprint density at radius 2 is 2.29 bits per heavy atom. The third-order valence-corrected chi connectivity index (χ3v) is 3.91. The van der Waals surface area contributed by atoms with E-state index in [1.807, 2.05) is 36.3 Å². The normalized spacial score (nSPS) is 19.7. The molecule has 1 aromatic rings. The molecule has 0 bridgehead atoms. The number of likely N-dealkylation sites (tertiary alicyclic amines) is 1. The van der Waals surface area contributed by atoms with Crippen LogP contribution in [0.5, 0.6) is 0 Å². The number of carbonyl (C=O) groups excluding carboxylic acids is 1. The first-order valence-electron chi connectivity index (χ1n) is 5.81. The highest BCUT2D eigenvalue weighted by atomic mass is 32.2. The third kappa shape index (κ3) is 2.64. The quantitative estimate of drug-likeness (QED) is 0.815. The number of carbonyl (C=O) groups is 1. The summed E-state index contributed by atoms with van der Waals surface area (Å²) in [4.78, 5) is 15.3. The number of aryl methyl sites for hydroxylation is 1. The van der Waals surface area contributed by atoms with E-state index in [0.717, 1.165) is 29.0 Å². The summed E-state index contributed by atoms with van der Waals surface area (Å²) >= 11 is 1.66. The van der Waals surface area contributed by atoms with Crippen molar-refractivity contribution >= 4 is 17.7 Å². The summed E-state index contributed by atoms with van der Waals surface area (Å²) in [5.74, 6) is 0.117. The third-order valence-electron chi connectivity index (χ3n) is 3.19. The van der Waals surface area contributed by atoms with E-state index in [1.54, 1.807) is 11.8 Å². The van der Waals surface area contributed by atoms with Gasteiger partial charge in [0, 0.05) is 29.6 Å². The van der Waals surface area contributed by atoms with Crippen molar-refractivity contribution in [1.29, 1.82) is 0 Å². The molecular formula is C13H18N2OS. The second kappa shape index (κ2) is 5.10. The second-order valence-electron chi connectivity index (χ2n) is 4.48. The van der Waals surface area contributed by atoms with Crippen LogP contribution in [0.1, 0.15) is 22.3 Å². The minimum absolute atomic E-state index is 0.117. The summed E-state index contributed by atoms with van der Waals surface area (Å²) in [6, 6.07) is 6.18. The molecule has 1 saturated heterocycles. The first-order chi connectivity index (χ1) is 8.11. The Balaban J connectivity index is 2.24. The standard InChI is InChI=1S/C13H18N2OS/c1-9-3-4-11(17-2)7-12(9)13(16)15-6-5-10(14)8-15/h3-4,7,10H,5-6,8,14H2,1-2H3/t10-/m1/s1. The fourth-order valence-electron chi connectivity index (χ4n) is 2.10. The predicted octanol–water partition coefficient (Wildman–Crippen LogP) is 1.89. The van der Waals surface area contributed by atoms with Crippen molar-refractivity contribution in [2.24, 2.45) is 5.73 Å². The topological polar surface area (TPSA) is 46.3 Å². The number of amides is 1. The van der Waals surface area contributed by atoms with Crippen LogP contribution in [0, 0.1) is 6.92 Å². The summed E-state index contributed by atoms with van der Waals surface area (Å²) in [6.45, 7) is 3.44. The van der Waals surface area contributed by atoms with Crippen LogP contribution in [-0.2, 0) is 0 Å². The van der Waals surface area contributed by atoms with Crippen molar-refractivity contribution in [2.75, 3.05) is 19.3 Å². The lowest BCUT2D eigenvalue weighted by molar-refractivity contribution is 0.0790. The Kier molecular flexibility index (Phi) is 3.74. The molecule has 2 N–H and O–H groups in total. The van der Waals surface area contributed by atoms with Gasteiger partial charge in [-0.1, -0.05) is 6.07 Å². The van der Waals surface area contributed by atoms with Crippen LogP contribution in [0.15, 0.2) is 23.1 Å². The summed E-state index contributed by atoms with van der Waals surface area (Å²) in [7, 11) is 0. The largest absolute Gasteiger partial charge is 0.337 e. The molecule has 1 amide bonds. The van der Waals surface area contributed by atoms with Crippen LogP contribution < -0.4 is 5.73 Å². The lowest BCUT2D eigenvalue weighted by Gasteiger charge is -2.17. The minimum Gasteiger partial charge on any atom is -0.337 e. The van der Waals surface area contributed by atoms with E-state index in [-0.39, 0.29) is 11.9 Å². The molecule has 0 unspecified atom stereocenters. The predicted molar refractivity (Wildman–Crippen MR) is 71.5 cm³/mol. The summed E-state index contributed by atoms with van der Waals surface area (Å²) in [6.07, 6.45) is 2.93. The fraction of sp³-hybridized carbons (Fsp3) is 0.462. The molecule has 0 spiro atoms. The molecule has 1 atom stereocenters. The lowest BCUT2D eigenvalue weighted by Crippen LogP contribution is -2.32. The summed E-state index contributed by atoms with van der Waals surface area (Å²) in [5, 5.41) is 0. The van der Waals surface area contributed by atoms with Gasteiger partial charge in [-0.2, -0.15) is 0 Å². The first-order valence-corrected chi connectivity index (χ1v) is 7.04. The first kappa shape index (κ1) is 12.5. The van der Waals surface area contributed by atoms with Gasteiger partial charge in [0.15, 0.2) is 0 Å². The molecule has 1 aliphatic heterocycles. The van der Waals surface area contributed by atoms with E-state index in [2.05, 4.69) is 0 Å². The number of rotatable bonds is 2. The van der Waals surface area contributed by atoms with Gasteiger partial charge in [0.05, 0.1) is 0 Å². The van der Waals surface area contributed by atoms with Gasteiger partial charge >= 0.3 is 0 Å². The average Bonchev–Trinajstić information content (AvgIpc) is 2.76. The van der Waals surface area contributed by atoms with Crippen LogP contribution in [0.4, 0.5) is 0 Å². The highest BCUT2D eigenvalue weighted by molar-refractivity contribution is 7.98. The van der Waals surface area contributed by atoms with Crippen molar-refractivity contribution < 1.29 is 4.79 Å². The molecule has 4 heteroatoms. The maximum Gasteiger partial charge on any atom is 0.254 e. The van der Waals surface area contributed by atoms with E-state index in [0.29, 0.717) is 6.54 Å². The molecular weight excluding hydrogens is 232 g/mol. The van der Waals surface area contributed by atoms with Gasteiger partial charge in [-0.05, 0) is 37.3 Å². The Labute approximate surface area is 106 Å². The molecule has 1 fully saturated rings. The molecule has 0 saturated carbocycles. The van der Waals surface area contributed by atoms with Gasteiger partial charge in [-0.25, -0.2) is 0 Å². The van der Waals surface area contributed by atoms with Gasteiger partial charge in [0.2, 0.25) is 0 Å². The maximum absolute atomic E-state index is 12.3. The van der Waals surface area contributed by atoms with Crippen LogP contribution in [0.2, 0.25) is 0 Å². The molecule has 0 aromatic heterocycles. The van der Waals surface area contributed by atoms with Gasteiger partial charge in [-0.15, -0.1) is 11.8 Å². The zero-order chi connectivity index (χ0) is 12.4. The Hall–Kier alpha value is -1.00. The number of thioether (sulfide) groups is 1. The van der Waals surface area contributed by atoms with Crippen molar-refractivity contribution in [3.05, 3.63) is 29.3 Å². The zero-order valence-electron chi connectivity index (χ0n) is 10.3. The van der Waals surface area contributed by atoms with Crippen molar-refractivity contribution in [1.82, 2.24) is 4.90 Å². The monoisotopic (exact) mass is 250 g/mol. The molecule has 2 rings (SSSR count). The van der Waals surface area contributed by atoms with Crippen LogP contribution >= 0.6 is 11.8 Å². The highest BCUT2D eigenvalue weighted by Crippen LogP contribution is 2.21. The molecule has 17 heavy (non-hydrogen) atoms. The molecule has 92 valence electrons. The van der Waals surface area contributed by atoms with Crippen LogP contribution in [0.25, 0.3) is 0 Å². The smallest absolute Gasteiger partial charge is 0.254 e. The Morgan fingerprint density at radius 3 is 2.88 bits per heavy atom. The summed E-state index contributed by atoms with van der Waals surface area (Å²) < 4.78 is 0. The fourth-order valence-corrected chi connectivity index (χ4v) is 2.54. The SMILES string of the molecule is CSc1ccc(C)c(C(=O)N2CC[C@@H](N)C2)c1. The van der Waals surface area contributed by atoms with Crippen LogP contribution in [-0.4, -0.2) is 36.2 Å². The molecule has 0 aliphatic carbocycles. The van der Waals surface area contributed by atoms with Crippen molar-refractivity contribution in [3.63, 3.8) is 0 Å². The van der Waals surface area contributed by atoms with Crippen molar-refractivity contribution in [3.8, 4) is 0 Å². The summed E-state index contributed by atoms with van der Waals surface area (Å²) in [5.41, 5.74) is 7.68. The number of hydrogen-bond acceptors (Lipinski definition) is 3. The van der Waals surface area contributed by atoms with E-state index in [9.17, 15) is 4.79 Å². The second-order valence-corrected chi connectivity index (χ2v) is 5.36.